The number of aryl methyl sites for hydroxylation is 1. The fourth-order valence-electron chi connectivity index (χ4n) is 2.98. The van der Waals surface area contributed by atoms with Crippen molar-refractivity contribution in [1.82, 2.24) is 10.6 Å². The smallest absolute Gasteiger partial charge is 0.408 e. The van der Waals surface area contributed by atoms with E-state index in [0.717, 1.165) is 30.4 Å². The number of hydrogen-bond donors (Lipinski definition) is 3. The topological polar surface area (TPSA) is 129 Å². The van der Waals surface area contributed by atoms with E-state index in [-0.39, 0.29) is 19.4 Å². The van der Waals surface area contributed by atoms with Crippen molar-refractivity contribution in [3.05, 3.63) is 71.3 Å². The normalized spacial score (nSPS) is 11.1. The van der Waals surface area contributed by atoms with Crippen molar-refractivity contribution < 1.29 is 24.2 Å². The van der Waals surface area contributed by atoms with Gasteiger partial charge in [0.05, 0.1) is 11.6 Å². The van der Waals surface area contributed by atoms with Crippen LogP contribution in [0.15, 0.2) is 54.6 Å². The number of unbranched alkanes of at least 4 members (excludes halogenated alkanes) is 1. The molecule has 0 saturated carbocycles. The Hall–Kier alpha value is -3.86. The van der Waals surface area contributed by atoms with Crippen molar-refractivity contribution in [2.75, 3.05) is 6.54 Å². The lowest BCUT2D eigenvalue weighted by molar-refractivity contribution is -0.137. The molecule has 0 aromatic heterocycles. The van der Waals surface area contributed by atoms with Gasteiger partial charge in [-0.25, -0.2) is 4.79 Å². The van der Waals surface area contributed by atoms with E-state index in [2.05, 4.69) is 16.7 Å². The second kappa shape index (κ2) is 13.4. The quantitative estimate of drug-likeness (QED) is 0.438. The Labute approximate surface area is 187 Å². The number of carboxylic acid groups (broad SMARTS) is 1. The van der Waals surface area contributed by atoms with Gasteiger partial charge in [0.2, 0.25) is 5.91 Å². The SMILES string of the molecule is N#Cc1ccc(CCCCNC(=O)[C@H](CCC(=O)O)NC(=O)OCc2ccccc2)cc1. The van der Waals surface area contributed by atoms with Crippen molar-refractivity contribution >= 4 is 18.0 Å². The number of carboxylic acids is 1. The second-order valence-electron chi connectivity index (χ2n) is 7.25. The number of aliphatic carboxylic acids is 1. The minimum atomic E-state index is -1.05. The Morgan fingerprint density at radius 2 is 1.72 bits per heavy atom. The van der Waals surface area contributed by atoms with Crippen molar-refractivity contribution in [1.29, 1.82) is 5.26 Å². The number of benzene rings is 2. The maximum Gasteiger partial charge on any atom is 0.408 e. The molecule has 2 rings (SSSR count). The maximum atomic E-state index is 12.5. The molecule has 2 aromatic carbocycles. The Balaban J connectivity index is 1.75. The molecule has 0 unspecified atom stereocenters. The number of hydrogen-bond acceptors (Lipinski definition) is 5. The number of ether oxygens (including phenoxy) is 1. The molecule has 1 atom stereocenters. The van der Waals surface area contributed by atoms with Crippen LogP contribution in [-0.4, -0.2) is 35.7 Å². The summed E-state index contributed by atoms with van der Waals surface area (Å²) in [6.07, 6.45) is 1.30. The minimum Gasteiger partial charge on any atom is -0.481 e. The highest BCUT2D eigenvalue weighted by Gasteiger charge is 2.22. The summed E-state index contributed by atoms with van der Waals surface area (Å²) in [7, 11) is 0. The van der Waals surface area contributed by atoms with Crippen molar-refractivity contribution in [3.8, 4) is 6.07 Å². The van der Waals surface area contributed by atoms with E-state index < -0.39 is 24.0 Å². The fourth-order valence-corrected chi connectivity index (χ4v) is 2.98. The Kier molecular flexibility index (Phi) is 10.3. The first-order valence-corrected chi connectivity index (χ1v) is 10.4. The third-order valence-corrected chi connectivity index (χ3v) is 4.74. The molecule has 168 valence electrons. The number of nitriles is 1. The summed E-state index contributed by atoms with van der Waals surface area (Å²) < 4.78 is 5.13. The van der Waals surface area contributed by atoms with Crippen LogP contribution in [-0.2, 0) is 27.4 Å². The van der Waals surface area contributed by atoms with Crippen LogP contribution in [0.5, 0.6) is 0 Å². The third-order valence-electron chi connectivity index (χ3n) is 4.74. The third kappa shape index (κ3) is 9.30. The number of carbonyl (C=O) groups excluding carboxylic acids is 2. The molecule has 8 heteroatoms. The van der Waals surface area contributed by atoms with Crippen LogP contribution >= 0.6 is 0 Å². The van der Waals surface area contributed by atoms with Crippen molar-refractivity contribution in [3.63, 3.8) is 0 Å². The van der Waals surface area contributed by atoms with Crippen molar-refractivity contribution in [2.45, 2.75) is 44.8 Å². The number of carbonyl (C=O) groups is 3. The zero-order valence-corrected chi connectivity index (χ0v) is 17.8. The van der Waals surface area contributed by atoms with Gasteiger partial charge in [0.25, 0.3) is 0 Å². The van der Waals surface area contributed by atoms with E-state index in [0.29, 0.717) is 12.1 Å². The predicted molar refractivity (Wildman–Crippen MR) is 118 cm³/mol. The highest BCUT2D eigenvalue weighted by molar-refractivity contribution is 5.86. The van der Waals surface area contributed by atoms with Gasteiger partial charge in [-0.1, -0.05) is 42.5 Å². The summed E-state index contributed by atoms with van der Waals surface area (Å²) >= 11 is 0. The molecule has 0 spiro atoms. The number of nitrogens with zero attached hydrogens (tertiary/aromatic N) is 1. The molecule has 2 amide bonds. The minimum absolute atomic E-state index is 0.0349. The second-order valence-corrected chi connectivity index (χ2v) is 7.25. The van der Waals surface area contributed by atoms with Gasteiger partial charge in [-0.2, -0.15) is 5.26 Å². The molecule has 0 aliphatic carbocycles. The van der Waals surface area contributed by atoms with E-state index >= 15 is 0 Å². The molecule has 0 bridgehead atoms. The molecular formula is C24H27N3O5. The molecule has 0 fully saturated rings. The van der Waals surface area contributed by atoms with E-state index in [1.54, 1.807) is 24.3 Å². The van der Waals surface area contributed by atoms with Crippen LogP contribution in [0, 0.1) is 11.3 Å². The molecule has 0 aliphatic heterocycles. The van der Waals surface area contributed by atoms with Gasteiger partial charge >= 0.3 is 12.1 Å². The first-order valence-electron chi connectivity index (χ1n) is 10.4. The number of rotatable bonds is 12. The Morgan fingerprint density at radius 1 is 1.00 bits per heavy atom. The lowest BCUT2D eigenvalue weighted by Gasteiger charge is -2.18. The highest BCUT2D eigenvalue weighted by atomic mass is 16.5. The summed E-state index contributed by atoms with van der Waals surface area (Å²) in [5, 5.41) is 22.9. The van der Waals surface area contributed by atoms with E-state index in [9.17, 15) is 14.4 Å². The van der Waals surface area contributed by atoms with E-state index in [4.69, 9.17) is 15.1 Å². The summed E-state index contributed by atoms with van der Waals surface area (Å²) in [5.41, 5.74) is 2.53. The summed E-state index contributed by atoms with van der Waals surface area (Å²) in [6, 6.07) is 17.5. The number of amides is 2. The molecular weight excluding hydrogens is 410 g/mol. The van der Waals surface area contributed by atoms with Crippen LogP contribution in [0.25, 0.3) is 0 Å². The summed E-state index contributed by atoms with van der Waals surface area (Å²) in [6.45, 7) is 0.453. The van der Waals surface area contributed by atoms with Gasteiger partial charge in [-0.05, 0) is 48.9 Å². The van der Waals surface area contributed by atoms with E-state index in [1.165, 1.54) is 0 Å². The standard InChI is InChI=1S/C24H27N3O5/c25-16-19-11-9-18(10-12-19)6-4-5-15-26-23(30)21(13-14-22(28)29)27-24(31)32-17-20-7-2-1-3-8-20/h1-3,7-12,21H,4-6,13-15,17H2,(H,26,30)(H,27,31)(H,28,29)/t21-/m0/s1. The Bertz CT molecular complexity index is 923. The molecule has 0 radical (unpaired) electrons. The van der Waals surface area contributed by atoms with Crippen LogP contribution in [0.4, 0.5) is 4.79 Å². The fraction of sp³-hybridized carbons (Fsp3) is 0.333. The lowest BCUT2D eigenvalue weighted by atomic mass is 10.1. The van der Waals surface area contributed by atoms with Crippen molar-refractivity contribution in [2.24, 2.45) is 0 Å². The van der Waals surface area contributed by atoms with Crippen LogP contribution in [0.1, 0.15) is 42.4 Å². The summed E-state index contributed by atoms with van der Waals surface area (Å²) in [5.74, 6) is -1.49. The Morgan fingerprint density at radius 3 is 2.38 bits per heavy atom. The molecule has 32 heavy (non-hydrogen) atoms. The van der Waals surface area contributed by atoms with Gasteiger partial charge in [-0.3, -0.25) is 9.59 Å². The molecule has 8 nitrogen and oxygen atoms in total. The average molecular weight is 437 g/mol. The van der Waals surface area contributed by atoms with Gasteiger partial charge in [0.1, 0.15) is 12.6 Å². The van der Waals surface area contributed by atoms with Gasteiger partial charge in [0.15, 0.2) is 0 Å². The highest BCUT2D eigenvalue weighted by Crippen LogP contribution is 2.07. The zero-order valence-electron chi connectivity index (χ0n) is 17.8. The average Bonchev–Trinajstić information content (AvgIpc) is 2.81. The number of alkyl carbamates (subject to hydrolysis) is 1. The largest absolute Gasteiger partial charge is 0.481 e. The van der Waals surface area contributed by atoms with Crippen LogP contribution in [0.3, 0.4) is 0 Å². The van der Waals surface area contributed by atoms with Gasteiger partial charge < -0.3 is 20.5 Å². The lowest BCUT2D eigenvalue weighted by Crippen LogP contribution is -2.47. The molecule has 0 aliphatic rings. The van der Waals surface area contributed by atoms with Gasteiger partial charge in [0, 0.05) is 13.0 Å². The van der Waals surface area contributed by atoms with E-state index in [1.807, 2.05) is 30.3 Å². The predicted octanol–water partition coefficient (Wildman–Crippen LogP) is 3.16. The molecule has 3 N–H and O–H groups in total. The van der Waals surface area contributed by atoms with Crippen LogP contribution in [0.2, 0.25) is 0 Å². The molecule has 0 saturated heterocycles. The molecule has 2 aromatic rings. The molecule has 0 heterocycles. The monoisotopic (exact) mass is 437 g/mol. The van der Waals surface area contributed by atoms with Gasteiger partial charge in [-0.15, -0.1) is 0 Å². The zero-order chi connectivity index (χ0) is 23.2. The maximum absolute atomic E-state index is 12.5. The first-order chi connectivity index (χ1) is 15.5. The van der Waals surface area contributed by atoms with Crippen LogP contribution < -0.4 is 10.6 Å². The number of nitrogens with one attached hydrogen (secondary N) is 2. The first kappa shape index (κ1) is 24.4. The summed E-state index contributed by atoms with van der Waals surface area (Å²) in [4.78, 5) is 35.4.